The first-order valence-electron chi connectivity index (χ1n) is 17.1. The number of hydrogen-bond donors (Lipinski definition) is 1. The zero-order chi connectivity index (χ0) is 35.8. The van der Waals surface area contributed by atoms with Crippen molar-refractivity contribution in [2.24, 2.45) is 0 Å². The van der Waals surface area contributed by atoms with Gasteiger partial charge in [0.05, 0.1) is 26.4 Å². The minimum Gasteiger partial charge on any atom is -0.494 e. The summed E-state index contributed by atoms with van der Waals surface area (Å²) in [7, 11) is 1.00. The molecule has 1 N–H and O–H groups in total. The molecule has 6 rings (SSSR count). The van der Waals surface area contributed by atoms with Crippen LogP contribution >= 0.6 is 11.6 Å². The van der Waals surface area contributed by atoms with Crippen molar-refractivity contribution in [2.45, 2.75) is 63.7 Å². The van der Waals surface area contributed by atoms with Gasteiger partial charge in [-0.2, -0.15) is 0 Å². The largest absolute Gasteiger partial charge is 0.494 e. The molecule has 0 aromatic heterocycles. The third kappa shape index (κ3) is 10.6. The van der Waals surface area contributed by atoms with E-state index in [4.69, 9.17) is 40.4 Å². The summed E-state index contributed by atoms with van der Waals surface area (Å²) in [6.07, 6.45) is -2.13. The molecule has 5 atom stereocenters. The highest BCUT2D eigenvalue weighted by molar-refractivity contribution is 6.31. The van der Waals surface area contributed by atoms with Crippen molar-refractivity contribution in [3.8, 4) is 5.75 Å². The molecule has 5 aromatic carbocycles. The fourth-order valence-electron chi connectivity index (χ4n) is 6.11. The zero-order valence-electron chi connectivity index (χ0n) is 29.0. The van der Waals surface area contributed by atoms with Crippen LogP contribution in [0.2, 0.25) is 5.02 Å². The molecule has 5 aromatic rings. The molecule has 0 radical (unpaired) electrons. The van der Waals surface area contributed by atoms with Gasteiger partial charge in [0.2, 0.25) is 0 Å². The number of benzene rings is 5. The quantitative estimate of drug-likeness (QED) is 0.110. The Bertz CT molecular complexity index is 1740. The summed E-state index contributed by atoms with van der Waals surface area (Å²) in [4.78, 5) is 12.8. The normalized spacial score (nSPS) is 19.8. The number of aldehydes is 1. The van der Waals surface area contributed by atoms with Crippen LogP contribution in [0.25, 0.3) is 0 Å². The van der Waals surface area contributed by atoms with Crippen LogP contribution in [-0.2, 0) is 50.0 Å². The minimum atomic E-state index is -0.906. The Labute approximate surface area is 305 Å². The van der Waals surface area contributed by atoms with Crippen molar-refractivity contribution < 1.29 is 33.6 Å². The number of rotatable bonds is 15. The maximum Gasteiger partial charge on any atom is 0.151 e. The van der Waals surface area contributed by atoms with Crippen molar-refractivity contribution >= 4 is 17.9 Å². The molecule has 1 aliphatic heterocycles. The fourth-order valence-corrected chi connectivity index (χ4v) is 6.29. The molecule has 1 saturated heterocycles. The molecule has 51 heavy (non-hydrogen) atoms. The van der Waals surface area contributed by atoms with E-state index in [0.717, 1.165) is 52.5 Å². The monoisotopic (exact) mass is 708 g/mol. The average molecular weight is 709 g/mol. The summed E-state index contributed by atoms with van der Waals surface area (Å²) >= 11 is 6.77. The lowest BCUT2D eigenvalue weighted by Gasteiger charge is -2.45. The fraction of sp³-hybridized carbons (Fsp3) is 0.279. The second-order valence-electron chi connectivity index (χ2n) is 12.0. The van der Waals surface area contributed by atoms with Crippen molar-refractivity contribution in [1.29, 1.82) is 0 Å². The van der Waals surface area contributed by atoms with Gasteiger partial charge in [-0.1, -0.05) is 127 Å². The summed E-state index contributed by atoms with van der Waals surface area (Å²) in [6, 6.07) is 43.7. The second kappa shape index (κ2) is 19.9. The van der Waals surface area contributed by atoms with Crippen molar-refractivity contribution in [2.75, 3.05) is 13.7 Å². The average Bonchev–Trinajstić information content (AvgIpc) is 3.19. The van der Waals surface area contributed by atoms with Gasteiger partial charge in [-0.05, 0) is 64.9 Å². The van der Waals surface area contributed by atoms with E-state index in [0.29, 0.717) is 31.3 Å². The number of carbonyl (C=O) groups is 1. The predicted molar refractivity (Wildman–Crippen MR) is 199 cm³/mol. The number of halogens is 1. The van der Waals surface area contributed by atoms with Crippen LogP contribution in [0.5, 0.6) is 5.75 Å². The van der Waals surface area contributed by atoms with Gasteiger partial charge < -0.3 is 33.6 Å². The first-order valence-corrected chi connectivity index (χ1v) is 17.5. The predicted octanol–water partition coefficient (Wildman–Crippen LogP) is 8.33. The number of aliphatic hydroxyl groups is 1. The molecule has 0 saturated carbocycles. The molecular weight excluding hydrogens is 664 g/mol. The van der Waals surface area contributed by atoms with E-state index in [1.54, 1.807) is 0 Å². The van der Waals surface area contributed by atoms with Gasteiger partial charge in [-0.25, -0.2) is 0 Å². The Balaban J connectivity index is 0.00000248. The van der Waals surface area contributed by atoms with Gasteiger partial charge >= 0.3 is 0 Å². The Morgan fingerprint density at radius 2 is 1.16 bits per heavy atom. The van der Waals surface area contributed by atoms with Gasteiger partial charge in [0.1, 0.15) is 36.3 Å². The van der Waals surface area contributed by atoms with E-state index >= 15 is 0 Å². The lowest BCUT2D eigenvalue weighted by molar-refractivity contribution is -0.259. The van der Waals surface area contributed by atoms with E-state index in [1.165, 1.54) is 0 Å². The Morgan fingerprint density at radius 3 is 1.67 bits per heavy atom. The van der Waals surface area contributed by atoms with Crippen LogP contribution in [0, 0.1) is 0 Å². The SMILES string of the molecule is CCOc1ccc(Cc2cc([C@@H]3OC(C=O)[C@@H](OCc4ccccc4)C(OCc4ccccc4)[C@H]3OCc3ccccc3)ccc2Cl)cc1.CO. The summed E-state index contributed by atoms with van der Waals surface area (Å²) < 4.78 is 32.2. The molecule has 7 nitrogen and oxygen atoms in total. The Morgan fingerprint density at radius 1 is 0.647 bits per heavy atom. The van der Waals surface area contributed by atoms with E-state index < -0.39 is 30.5 Å². The standard InChI is InChI=1S/C42H41ClO6.CH4O/c1-2-45-36-21-18-30(19-22-36)24-35-25-34(20-23-37(35)43)39-41(47-28-32-14-8-4-9-15-32)42(48-29-33-16-10-5-11-17-33)40(38(26-44)49-39)46-27-31-12-6-3-7-13-31;1-2/h3-23,25-26,38-42H,2,24,27-29H2,1H3;2H,1H3/t38?,39-,40+,41-,42?;/m0./s1. The van der Waals surface area contributed by atoms with Gasteiger partial charge in [-0.3, -0.25) is 0 Å². The highest BCUT2D eigenvalue weighted by atomic mass is 35.5. The maximum atomic E-state index is 12.8. The van der Waals surface area contributed by atoms with Gasteiger partial charge in [0.25, 0.3) is 0 Å². The summed E-state index contributed by atoms with van der Waals surface area (Å²) in [5.74, 6) is 0.825. The number of ether oxygens (including phenoxy) is 5. The summed E-state index contributed by atoms with van der Waals surface area (Å²) in [6.45, 7) is 3.49. The van der Waals surface area contributed by atoms with Crippen LogP contribution in [-0.4, -0.2) is 49.5 Å². The zero-order valence-corrected chi connectivity index (χ0v) is 29.7. The molecule has 1 heterocycles. The maximum absolute atomic E-state index is 12.8. The molecular formula is C43H45ClO7. The lowest BCUT2D eigenvalue weighted by Crippen LogP contribution is -2.57. The van der Waals surface area contributed by atoms with Gasteiger partial charge in [0.15, 0.2) is 6.29 Å². The number of hydrogen-bond acceptors (Lipinski definition) is 7. The molecule has 1 fully saturated rings. The van der Waals surface area contributed by atoms with E-state index in [-0.39, 0.29) is 6.61 Å². The molecule has 0 amide bonds. The van der Waals surface area contributed by atoms with Crippen molar-refractivity contribution in [1.82, 2.24) is 0 Å². The van der Waals surface area contributed by atoms with Crippen LogP contribution in [0.4, 0.5) is 0 Å². The summed E-state index contributed by atoms with van der Waals surface area (Å²) in [5, 5.41) is 7.64. The first-order chi connectivity index (χ1) is 25.1. The third-order valence-electron chi connectivity index (χ3n) is 8.59. The van der Waals surface area contributed by atoms with Crippen molar-refractivity contribution in [3.05, 3.63) is 172 Å². The van der Waals surface area contributed by atoms with Crippen LogP contribution < -0.4 is 4.74 Å². The second-order valence-corrected chi connectivity index (χ2v) is 12.5. The Kier molecular flexibility index (Phi) is 14.8. The molecule has 0 spiro atoms. The molecule has 0 bridgehead atoms. The molecule has 8 heteroatoms. The van der Waals surface area contributed by atoms with Crippen molar-refractivity contribution in [3.63, 3.8) is 0 Å². The van der Waals surface area contributed by atoms with E-state index in [9.17, 15) is 4.79 Å². The first kappa shape index (κ1) is 37.9. The molecule has 0 aliphatic carbocycles. The van der Waals surface area contributed by atoms with Crippen LogP contribution in [0.3, 0.4) is 0 Å². The summed E-state index contributed by atoms with van der Waals surface area (Å²) in [5.41, 5.74) is 5.85. The topological polar surface area (TPSA) is 83.5 Å². The number of carbonyl (C=O) groups excluding carboxylic acids is 1. The van der Waals surface area contributed by atoms with E-state index in [2.05, 4.69) is 0 Å². The smallest absolute Gasteiger partial charge is 0.151 e. The molecule has 266 valence electrons. The van der Waals surface area contributed by atoms with Gasteiger partial charge in [-0.15, -0.1) is 0 Å². The third-order valence-corrected chi connectivity index (χ3v) is 8.96. The highest BCUT2D eigenvalue weighted by Gasteiger charge is 2.49. The minimum absolute atomic E-state index is 0.285. The lowest BCUT2D eigenvalue weighted by atomic mass is 9.89. The van der Waals surface area contributed by atoms with Crippen LogP contribution in [0.15, 0.2) is 133 Å². The Hall–Kier alpha value is -4.34. The molecule has 1 aliphatic rings. The molecule has 2 unspecified atom stereocenters. The van der Waals surface area contributed by atoms with E-state index in [1.807, 2.05) is 140 Å². The highest BCUT2D eigenvalue weighted by Crippen LogP contribution is 2.39. The number of aliphatic hydroxyl groups excluding tert-OH is 1. The van der Waals surface area contributed by atoms with Crippen LogP contribution in [0.1, 0.15) is 46.4 Å². The van der Waals surface area contributed by atoms with Gasteiger partial charge in [0, 0.05) is 12.1 Å².